The van der Waals surface area contributed by atoms with Crippen molar-refractivity contribution in [2.45, 2.75) is 64.0 Å². The predicted molar refractivity (Wildman–Crippen MR) is 64.8 cm³/mol. The van der Waals surface area contributed by atoms with Gasteiger partial charge in [0.2, 0.25) is 0 Å². The van der Waals surface area contributed by atoms with Crippen LogP contribution in [0, 0.1) is 5.92 Å². The molecular weight excluding hydrogens is 184 g/mol. The Morgan fingerprint density at radius 2 is 1.93 bits per heavy atom. The summed E-state index contributed by atoms with van der Waals surface area (Å²) in [5, 5.41) is 0. The zero-order valence-electron chi connectivity index (χ0n) is 10.1. The van der Waals surface area contributed by atoms with E-state index < -0.39 is 0 Å². The fourth-order valence-electron chi connectivity index (χ4n) is 3.62. The molecule has 0 amide bonds. The third-order valence-electron chi connectivity index (χ3n) is 4.44. The molecule has 0 spiro atoms. The van der Waals surface area contributed by atoms with E-state index in [1.54, 1.807) is 0 Å². The summed E-state index contributed by atoms with van der Waals surface area (Å²) in [6.45, 7) is 4.62. The van der Waals surface area contributed by atoms with Crippen LogP contribution in [0.15, 0.2) is 0 Å². The van der Waals surface area contributed by atoms with Crippen molar-refractivity contribution in [2.24, 2.45) is 11.7 Å². The SMILES string of the molecule is CC1CCCN1C1CCCCC1CCN. The summed E-state index contributed by atoms with van der Waals surface area (Å²) in [4.78, 5) is 2.78. The summed E-state index contributed by atoms with van der Waals surface area (Å²) >= 11 is 0. The maximum absolute atomic E-state index is 5.74. The number of hydrogen-bond donors (Lipinski definition) is 1. The fraction of sp³-hybridized carbons (Fsp3) is 1.00. The molecule has 1 saturated carbocycles. The monoisotopic (exact) mass is 210 g/mol. The van der Waals surface area contributed by atoms with Crippen LogP contribution in [0.2, 0.25) is 0 Å². The lowest BCUT2D eigenvalue weighted by atomic mass is 9.81. The molecule has 1 aliphatic carbocycles. The molecule has 0 radical (unpaired) electrons. The lowest BCUT2D eigenvalue weighted by Gasteiger charge is -2.40. The minimum Gasteiger partial charge on any atom is -0.330 e. The summed E-state index contributed by atoms with van der Waals surface area (Å²) in [6.07, 6.45) is 9.78. The van der Waals surface area contributed by atoms with Gasteiger partial charge >= 0.3 is 0 Å². The molecule has 0 aromatic heterocycles. The second kappa shape index (κ2) is 5.31. The lowest BCUT2D eigenvalue weighted by molar-refractivity contribution is 0.0944. The molecule has 0 aromatic carbocycles. The maximum atomic E-state index is 5.74. The molecule has 15 heavy (non-hydrogen) atoms. The minimum atomic E-state index is 0.827. The van der Waals surface area contributed by atoms with Gasteiger partial charge in [-0.3, -0.25) is 4.90 Å². The normalized spacial score (nSPS) is 38.4. The van der Waals surface area contributed by atoms with E-state index in [1.807, 2.05) is 0 Å². The molecule has 1 saturated heterocycles. The van der Waals surface area contributed by atoms with E-state index in [-0.39, 0.29) is 0 Å². The van der Waals surface area contributed by atoms with Gasteiger partial charge in [0.05, 0.1) is 0 Å². The van der Waals surface area contributed by atoms with Gasteiger partial charge in [0, 0.05) is 12.1 Å². The van der Waals surface area contributed by atoms with Crippen molar-refractivity contribution in [2.75, 3.05) is 13.1 Å². The molecule has 88 valence electrons. The molecule has 2 N–H and O–H groups in total. The molecule has 2 rings (SSSR count). The Balaban J connectivity index is 1.97. The number of nitrogens with two attached hydrogens (primary N) is 1. The average molecular weight is 210 g/mol. The van der Waals surface area contributed by atoms with Crippen LogP contribution in [0.3, 0.4) is 0 Å². The lowest BCUT2D eigenvalue weighted by Crippen LogP contribution is -2.44. The van der Waals surface area contributed by atoms with Gasteiger partial charge in [-0.1, -0.05) is 12.8 Å². The predicted octanol–water partition coefficient (Wildman–Crippen LogP) is 2.38. The van der Waals surface area contributed by atoms with Crippen LogP contribution in [0.25, 0.3) is 0 Å². The van der Waals surface area contributed by atoms with E-state index in [4.69, 9.17) is 5.73 Å². The van der Waals surface area contributed by atoms with E-state index in [0.717, 1.165) is 24.5 Å². The van der Waals surface area contributed by atoms with Crippen molar-refractivity contribution in [1.29, 1.82) is 0 Å². The molecular formula is C13H26N2. The Bertz CT molecular complexity index is 191. The van der Waals surface area contributed by atoms with Crippen molar-refractivity contribution < 1.29 is 0 Å². The van der Waals surface area contributed by atoms with Crippen LogP contribution >= 0.6 is 0 Å². The number of hydrogen-bond acceptors (Lipinski definition) is 2. The smallest absolute Gasteiger partial charge is 0.0127 e. The molecule has 2 aliphatic rings. The second-order valence-electron chi connectivity index (χ2n) is 5.42. The fourth-order valence-corrected chi connectivity index (χ4v) is 3.62. The molecule has 3 atom stereocenters. The first-order valence-electron chi connectivity index (χ1n) is 6.78. The van der Waals surface area contributed by atoms with E-state index in [9.17, 15) is 0 Å². The Hall–Kier alpha value is -0.0800. The standard InChI is InChI=1S/C13H26N2/c1-11-5-4-10-15(11)13-7-3-2-6-12(13)8-9-14/h11-13H,2-10,14H2,1H3. The topological polar surface area (TPSA) is 29.3 Å². The maximum Gasteiger partial charge on any atom is 0.0127 e. The van der Waals surface area contributed by atoms with Crippen LogP contribution in [-0.2, 0) is 0 Å². The Kier molecular flexibility index (Phi) is 4.04. The van der Waals surface area contributed by atoms with Crippen LogP contribution in [0.1, 0.15) is 51.9 Å². The van der Waals surface area contributed by atoms with Crippen LogP contribution in [-0.4, -0.2) is 30.1 Å². The van der Waals surface area contributed by atoms with Gasteiger partial charge in [0.1, 0.15) is 0 Å². The Labute approximate surface area is 94.2 Å². The molecule has 2 fully saturated rings. The van der Waals surface area contributed by atoms with Gasteiger partial charge < -0.3 is 5.73 Å². The zero-order valence-corrected chi connectivity index (χ0v) is 10.1. The Morgan fingerprint density at radius 1 is 1.13 bits per heavy atom. The molecule has 0 bridgehead atoms. The van der Waals surface area contributed by atoms with Crippen molar-refractivity contribution in [1.82, 2.24) is 4.90 Å². The highest BCUT2D eigenvalue weighted by molar-refractivity contribution is 4.88. The van der Waals surface area contributed by atoms with Gasteiger partial charge in [0.15, 0.2) is 0 Å². The highest BCUT2D eigenvalue weighted by atomic mass is 15.2. The zero-order chi connectivity index (χ0) is 10.7. The Morgan fingerprint density at radius 3 is 2.60 bits per heavy atom. The first kappa shape index (κ1) is 11.4. The summed E-state index contributed by atoms with van der Waals surface area (Å²) in [5.74, 6) is 0.893. The third-order valence-corrected chi connectivity index (χ3v) is 4.44. The first-order chi connectivity index (χ1) is 7.33. The number of rotatable bonds is 3. The van der Waals surface area contributed by atoms with Crippen molar-refractivity contribution in [3.63, 3.8) is 0 Å². The number of nitrogens with zero attached hydrogens (tertiary/aromatic N) is 1. The molecule has 2 heteroatoms. The summed E-state index contributed by atoms with van der Waals surface area (Å²) in [5.41, 5.74) is 5.74. The highest BCUT2D eigenvalue weighted by Crippen LogP contribution is 2.34. The highest BCUT2D eigenvalue weighted by Gasteiger charge is 2.33. The van der Waals surface area contributed by atoms with Crippen LogP contribution in [0.4, 0.5) is 0 Å². The van der Waals surface area contributed by atoms with Crippen molar-refractivity contribution in [3.8, 4) is 0 Å². The minimum absolute atomic E-state index is 0.827. The van der Waals surface area contributed by atoms with Crippen molar-refractivity contribution in [3.05, 3.63) is 0 Å². The van der Waals surface area contributed by atoms with Crippen LogP contribution < -0.4 is 5.73 Å². The van der Waals surface area contributed by atoms with Gasteiger partial charge in [-0.15, -0.1) is 0 Å². The van der Waals surface area contributed by atoms with Gasteiger partial charge in [0.25, 0.3) is 0 Å². The van der Waals surface area contributed by atoms with Gasteiger partial charge in [-0.05, 0) is 58.0 Å². The van der Waals surface area contributed by atoms with E-state index >= 15 is 0 Å². The van der Waals surface area contributed by atoms with E-state index in [1.165, 1.54) is 51.5 Å². The largest absolute Gasteiger partial charge is 0.330 e. The molecule has 2 nitrogen and oxygen atoms in total. The second-order valence-corrected chi connectivity index (χ2v) is 5.42. The summed E-state index contributed by atoms with van der Waals surface area (Å²) in [6, 6.07) is 1.69. The third kappa shape index (κ3) is 2.54. The van der Waals surface area contributed by atoms with Crippen LogP contribution in [0.5, 0.6) is 0 Å². The molecule has 1 heterocycles. The molecule has 0 aromatic rings. The quantitative estimate of drug-likeness (QED) is 0.775. The number of likely N-dealkylation sites (tertiary alicyclic amines) is 1. The molecule has 3 unspecified atom stereocenters. The van der Waals surface area contributed by atoms with Gasteiger partial charge in [-0.2, -0.15) is 0 Å². The summed E-state index contributed by atoms with van der Waals surface area (Å²) < 4.78 is 0. The average Bonchev–Trinajstić information content (AvgIpc) is 2.66. The first-order valence-corrected chi connectivity index (χ1v) is 6.78. The summed E-state index contributed by atoms with van der Waals surface area (Å²) in [7, 11) is 0. The van der Waals surface area contributed by atoms with E-state index in [2.05, 4.69) is 11.8 Å². The van der Waals surface area contributed by atoms with Gasteiger partial charge in [-0.25, -0.2) is 0 Å². The van der Waals surface area contributed by atoms with E-state index in [0.29, 0.717) is 0 Å². The van der Waals surface area contributed by atoms with Crippen molar-refractivity contribution >= 4 is 0 Å². The molecule has 1 aliphatic heterocycles.